The van der Waals surface area contributed by atoms with E-state index in [4.69, 9.17) is 59.2 Å². The van der Waals surface area contributed by atoms with Crippen molar-refractivity contribution in [1.29, 1.82) is 0 Å². The van der Waals surface area contributed by atoms with Gasteiger partial charge in [0, 0.05) is 0 Å². The third-order valence-corrected chi connectivity index (χ3v) is 4.24. The Labute approximate surface area is 158 Å². The molecule has 1 radical (unpaired) electrons. The van der Waals surface area contributed by atoms with Gasteiger partial charge in [0.2, 0.25) is 13.1 Å². The topological polar surface area (TPSA) is 66.7 Å². The SMILES string of the molecule is CCOC(=O)C[N+](C)([N][N+](C)(CC(=O)OCC)C(=S)[S-])C(=S)[S-]. The molecule has 0 saturated heterocycles. The van der Waals surface area contributed by atoms with Crippen molar-refractivity contribution in [3.8, 4) is 0 Å². The molecule has 0 rings (SSSR count). The van der Waals surface area contributed by atoms with Crippen LogP contribution in [0.4, 0.5) is 0 Å². The van der Waals surface area contributed by atoms with Gasteiger partial charge in [-0.3, -0.25) is 0 Å². The lowest BCUT2D eigenvalue weighted by Crippen LogP contribution is -2.69. The fourth-order valence-electron chi connectivity index (χ4n) is 1.62. The van der Waals surface area contributed by atoms with E-state index >= 15 is 0 Å². The summed E-state index contributed by atoms with van der Waals surface area (Å²) >= 11 is 20.1. The highest BCUT2D eigenvalue weighted by Crippen LogP contribution is 2.12. The molecule has 0 aromatic rings. The molecule has 0 aliphatic heterocycles. The maximum Gasteiger partial charge on any atom is 0.364 e. The molecule has 0 bridgehead atoms. The fraction of sp³-hybridized carbons (Fsp3) is 0.667. The standard InChI is InChI=1S/C12H22N3O4S4/c1-5-18-9(16)7-14(3,11(20)21)13-15(4,12(22)23)8-10(17)19-6-2/h5-8H2,1-4H3,(H,20,21)(H,22,23)/q+2/p-2. The molecule has 0 aromatic heterocycles. The second-order valence-corrected chi connectivity index (χ2v) is 6.89. The summed E-state index contributed by atoms with van der Waals surface area (Å²) in [5.41, 5.74) is 4.37. The molecule has 2 atom stereocenters. The lowest BCUT2D eigenvalue weighted by molar-refractivity contribution is -1.07. The maximum absolute atomic E-state index is 11.8. The van der Waals surface area contributed by atoms with Crippen LogP contribution in [-0.4, -0.2) is 70.2 Å². The molecule has 7 nitrogen and oxygen atoms in total. The second kappa shape index (κ2) is 9.67. The normalized spacial score (nSPS) is 15.8. The molecule has 0 spiro atoms. The quantitative estimate of drug-likeness (QED) is 0.188. The summed E-state index contributed by atoms with van der Waals surface area (Å²) in [6, 6.07) is 0. The van der Waals surface area contributed by atoms with Gasteiger partial charge in [0.05, 0.1) is 36.0 Å². The van der Waals surface area contributed by atoms with Gasteiger partial charge in [-0.05, 0) is 13.8 Å². The summed E-state index contributed by atoms with van der Waals surface area (Å²) in [6.07, 6.45) is 0. The molecule has 0 fully saturated rings. The first kappa shape index (κ1) is 22.4. The fourth-order valence-corrected chi connectivity index (χ4v) is 2.02. The van der Waals surface area contributed by atoms with E-state index in [1.165, 1.54) is 14.1 Å². The highest BCUT2D eigenvalue weighted by molar-refractivity contribution is 8.00. The zero-order chi connectivity index (χ0) is 18.3. The first-order valence-corrected chi connectivity index (χ1v) is 8.34. The van der Waals surface area contributed by atoms with Gasteiger partial charge >= 0.3 is 11.9 Å². The lowest BCUT2D eigenvalue weighted by atomic mass is 10.5. The van der Waals surface area contributed by atoms with Crippen molar-refractivity contribution in [1.82, 2.24) is 5.53 Å². The van der Waals surface area contributed by atoms with Gasteiger partial charge in [-0.25, -0.2) is 9.59 Å². The Bertz CT molecular complexity index is 449. The summed E-state index contributed by atoms with van der Waals surface area (Å²) in [4.78, 5) is 23.6. The number of carbonyl (C=O) groups excluding carboxylic acids is 2. The number of thiocarbonyl (C=S) groups is 2. The molecule has 0 aliphatic carbocycles. The van der Waals surface area contributed by atoms with Gasteiger partial charge in [-0.15, -0.1) is 0 Å². The van der Waals surface area contributed by atoms with Crippen LogP contribution in [0.2, 0.25) is 0 Å². The molecule has 0 aromatic carbocycles. The van der Waals surface area contributed by atoms with Gasteiger partial charge in [-0.1, -0.05) is 0 Å². The zero-order valence-corrected chi connectivity index (χ0v) is 16.7. The van der Waals surface area contributed by atoms with Crippen molar-refractivity contribution < 1.29 is 28.2 Å². The van der Waals surface area contributed by atoms with Crippen LogP contribution in [0, 0.1) is 0 Å². The zero-order valence-electron chi connectivity index (χ0n) is 13.4. The number of hydrogen-bond acceptors (Lipinski definition) is 8. The van der Waals surface area contributed by atoms with Gasteiger partial charge in [0.1, 0.15) is 0 Å². The Morgan fingerprint density at radius 3 is 1.43 bits per heavy atom. The van der Waals surface area contributed by atoms with E-state index in [-0.39, 0.29) is 34.9 Å². The predicted molar refractivity (Wildman–Crippen MR) is 97.4 cm³/mol. The summed E-state index contributed by atoms with van der Waals surface area (Å²) in [7, 11) is 3.06. The van der Waals surface area contributed by atoms with Crippen molar-refractivity contribution >= 4 is 70.3 Å². The molecular weight excluding hydrogens is 378 g/mol. The smallest absolute Gasteiger partial charge is 0.364 e. The van der Waals surface area contributed by atoms with Crippen LogP contribution in [0.3, 0.4) is 0 Å². The van der Waals surface area contributed by atoms with E-state index in [9.17, 15) is 9.59 Å². The number of likely N-dealkylation sites (N-methyl/N-ethyl adjacent to an activating group) is 2. The summed E-state index contributed by atoms with van der Waals surface area (Å²) in [5.74, 6) is -1.05. The van der Waals surface area contributed by atoms with E-state index in [0.29, 0.717) is 0 Å². The predicted octanol–water partition coefficient (Wildman–Crippen LogP) is 0.104. The summed E-state index contributed by atoms with van der Waals surface area (Å²) in [5, 5.41) is 0. The third-order valence-electron chi connectivity index (χ3n) is 2.67. The summed E-state index contributed by atoms with van der Waals surface area (Å²) in [6.45, 7) is 3.37. The molecule has 0 heterocycles. The van der Waals surface area contributed by atoms with Crippen LogP contribution in [0.1, 0.15) is 13.8 Å². The Morgan fingerprint density at radius 2 is 1.22 bits per heavy atom. The van der Waals surface area contributed by atoms with Crippen molar-refractivity contribution in [2.75, 3.05) is 40.4 Å². The van der Waals surface area contributed by atoms with Crippen LogP contribution in [0.15, 0.2) is 0 Å². The average Bonchev–Trinajstić information content (AvgIpc) is 2.37. The van der Waals surface area contributed by atoms with E-state index in [1.54, 1.807) is 13.8 Å². The largest absolute Gasteiger partial charge is 0.462 e. The maximum atomic E-state index is 11.8. The molecule has 0 saturated carbocycles. The number of carbonyl (C=O) groups is 2. The van der Waals surface area contributed by atoms with E-state index < -0.39 is 21.1 Å². The second-order valence-electron chi connectivity index (χ2n) is 4.83. The highest BCUT2D eigenvalue weighted by Gasteiger charge is 2.42. The molecule has 23 heavy (non-hydrogen) atoms. The minimum atomic E-state index is -0.524. The lowest BCUT2D eigenvalue weighted by Gasteiger charge is -2.39. The molecule has 2 unspecified atom stereocenters. The van der Waals surface area contributed by atoms with Crippen LogP contribution in [0.25, 0.3) is 0 Å². The molecule has 0 aliphatic rings. The Morgan fingerprint density at radius 1 is 0.913 bits per heavy atom. The monoisotopic (exact) mass is 398 g/mol. The molecule has 0 amide bonds. The van der Waals surface area contributed by atoms with Crippen LogP contribution >= 0.6 is 24.4 Å². The molecule has 131 valence electrons. The average molecular weight is 399 g/mol. The number of hydrogen-bond donors (Lipinski definition) is 0. The Kier molecular flexibility index (Phi) is 9.43. The minimum absolute atomic E-state index is 0.00230. The first-order valence-electron chi connectivity index (χ1n) is 6.71. The van der Waals surface area contributed by atoms with Crippen LogP contribution in [0.5, 0.6) is 0 Å². The third kappa shape index (κ3) is 7.25. The molecule has 11 heteroatoms. The number of nitrogens with zero attached hydrogens (tertiary/aromatic N) is 3. The van der Waals surface area contributed by atoms with Crippen LogP contribution < -0.4 is 5.53 Å². The highest BCUT2D eigenvalue weighted by atomic mass is 32.1. The van der Waals surface area contributed by atoms with Crippen molar-refractivity contribution in [2.24, 2.45) is 0 Å². The first-order chi connectivity index (χ1) is 10.5. The van der Waals surface area contributed by atoms with Gasteiger partial charge in [0.15, 0.2) is 5.53 Å². The van der Waals surface area contributed by atoms with Gasteiger partial charge < -0.3 is 59.2 Å². The van der Waals surface area contributed by atoms with Gasteiger partial charge in [-0.2, -0.15) is 9.18 Å². The van der Waals surface area contributed by atoms with E-state index in [2.05, 4.69) is 5.53 Å². The van der Waals surface area contributed by atoms with Crippen molar-refractivity contribution in [3.05, 3.63) is 0 Å². The number of quaternary nitrogens is 2. The van der Waals surface area contributed by atoms with Crippen LogP contribution in [-0.2, 0) is 44.3 Å². The Balaban J connectivity index is 5.39. The van der Waals surface area contributed by atoms with Crippen molar-refractivity contribution in [3.63, 3.8) is 0 Å². The number of rotatable bonds is 8. The van der Waals surface area contributed by atoms with E-state index in [0.717, 1.165) is 0 Å². The Hall–Kier alpha value is -0.560. The van der Waals surface area contributed by atoms with E-state index in [1.807, 2.05) is 0 Å². The molecule has 0 N–H and O–H groups in total. The number of ether oxygens (including phenoxy) is 2. The molecular formula is C12H20N3O4S4. The summed E-state index contributed by atoms with van der Waals surface area (Å²) < 4.78 is 8.88. The van der Waals surface area contributed by atoms with Crippen molar-refractivity contribution in [2.45, 2.75) is 13.8 Å². The van der Waals surface area contributed by atoms with Gasteiger partial charge in [0.25, 0.3) is 0 Å². The minimum Gasteiger partial charge on any atom is -0.462 e. The number of esters is 2.